The van der Waals surface area contributed by atoms with E-state index in [0.29, 0.717) is 24.8 Å². The second kappa shape index (κ2) is 3.06. The van der Waals surface area contributed by atoms with Crippen molar-refractivity contribution in [2.24, 2.45) is 11.3 Å². The smallest absolute Gasteiger partial charge is 0.317 e. The number of ether oxygens (including phenoxy) is 1. The van der Waals surface area contributed by atoms with Crippen molar-refractivity contribution in [3.05, 3.63) is 11.1 Å². The average molecular weight is 234 g/mol. The topological polar surface area (TPSA) is 60.4 Å². The summed E-state index contributed by atoms with van der Waals surface area (Å²) in [6.45, 7) is 3.27. The fraction of sp³-hybridized carbons (Fsp3) is 0.615. The molecule has 2 bridgehead atoms. The van der Waals surface area contributed by atoms with Gasteiger partial charge in [-0.3, -0.25) is 14.4 Å². The van der Waals surface area contributed by atoms with E-state index in [-0.39, 0.29) is 23.5 Å². The first kappa shape index (κ1) is 10.7. The Kier molecular flexibility index (Phi) is 1.92. The third kappa shape index (κ3) is 1.10. The minimum Gasteiger partial charge on any atom is -0.457 e. The molecule has 0 amide bonds. The first-order chi connectivity index (χ1) is 7.96. The number of carbonyl (C=O) groups is 3. The number of hydrogen-bond donors (Lipinski definition) is 0. The maximum atomic E-state index is 12.0. The van der Waals surface area contributed by atoms with E-state index >= 15 is 0 Å². The highest BCUT2D eigenvalue weighted by molar-refractivity contribution is 6.05. The van der Waals surface area contributed by atoms with Crippen molar-refractivity contribution in [1.82, 2.24) is 0 Å². The van der Waals surface area contributed by atoms with E-state index in [2.05, 4.69) is 0 Å². The monoisotopic (exact) mass is 234 g/mol. The SMILES string of the molecule is CC(=O)[C@@H]1C[C@H]2OC(=O)[C@]1(C)C1=C2C(=O)CC1. The zero-order chi connectivity index (χ0) is 12.4. The van der Waals surface area contributed by atoms with Crippen molar-refractivity contribution in [2.45, 2.75) is 39.2 Å². The van der Waals surface area contributed by atoms with Gasteiger partial charge in [-0.05, 0) is 32.3 Å². The molecule has 2 heterocycles. The maximum absolute atomic E-state index is 12.0. The largest absolute Gasteiger partial charge is 0.457 e. The quantitative estimate of drug-likeness (QED) is 0.639. The molecule has 2 aliphatic heterocycles. The van der Waals surface area contributed by atoms with Crippen LogP contribution in [0.15, 0.2) is 11.1 Å². The molecule has 90 valence electrons. The van der Waals surface area contributed by atoms with Gasteiger partial charge in [-0.2, -0.15) is 0 Å². The van der Waals surface area contributed by atoms with Gasteiger partial charge >= 0.3 is 5.97 Å². The van der Waals surface area contributed by atoms with Crippen molar-refractivity contribution in [3.8, 4) is 0 Å². The molecule has 0 radical (unpaired) electrons. The molecule has 4 rings (SSSR count). The van der Waals surface area contributed by atoms with Crippen LogP contribution in [0.25, 0.3) is 0 Å². The summed E-state index contributed by atoms with van der Waals surface area (Å²) in [7, 11) is 0. The summed E-state index contributed by atoms with van der Waals surface area (Å²) < 4.78 is 5.28. The number of Topliss-reactive ketones (excluding diaryl/α,β-unsaturated/α-hetero) is 2. The van der Waals surface area contributed by atoms with Crippen LogP contribution in [0.4, 0.5) is 0 Å². The van der Waals surface area contributed by atoms with E-state index in [1.807, 2.05) is 0 Å². The molecule has 17 heavy (non-hydrogen) atoms. The highest BCUT2D eigenvalue weighted by Gasteiger charge is 2.60. The Bertz CT molecular complexity index is 488. The summed E-state index contributed by atoms with van der Waals surface area (Å²) in [5.41, 5.74) is 0.669. The maximum Gasteiger partial charge on any atom is 0.317 e. The number of rotatable bonds is 1. The van der Waals surface area contributed by atoms with E-state index in [0.717, 1.165) is 5.57 Å². The molecule has 0 spiro atoms. The summed E-state index contributed by atoms with van der Waals surface area (Å²) in [5, 5.41) is 0. The Balaban J connectivity index is 2.20. The standard InChI is InChI=1S/C13H14O4/c1-6(14)8-5-10-11-7(3-4-9(11)15)13(8,2)12(16)17-10/h8,10H,3-5H2,1-2H3/t8-,10+,13+/m0/s1. The molecule has 4 nitrogen and oxygen atoms in total. The van der Waals surface area contributed by atoms with Gasteiger partial charge in [-0.25, -0.2) is 0 Å². The molecule has 0 saturated carbocycles. The summed E-state index contributed by atoms with van der Waals surface area (Å²) >= 11 is 0. The molecule has 0 aromatic heterocycles. The highest BCUT2D eigenvalue weighted by Crippen LogP contribution is 2.55. The van der Waals surface area contributed by atoms with E-state index in [4.69, 9.17) is 4.74 Å². The first-order valence-corrected chi connectivity index (χ1v) is 5.94. The van der Waals surface area contributed by atoms with Crippen LogP contribution < -0.4 is 0 Å². The van der Waals surface area contributed by atoms with Crippen molar-refractivity contribution in [1.29, 1.82) is 0 Å². The van der Waals surface area contributed by atoms with Gasteiger partial charge in [-0.1, -0.05) is 0 Å². The molecule has 0 aromatic rings. The lowest BCUT2D eigenvalue weighted by atomic mass is 9.60. The van der Waals surface area contributed by atoms with Crippen LogP contribution in [0.5, 0.6) is 0 Å². The molecular formula is C13H14O4. The van der Waals surface area contributed by atoms with E-state index < -0.39 is 11.5 Å². The average Bonchev–Trinajstić information content (AvgIpc) is 2.64. The summed E-state index contributed by atoms with van der Waals surface area (Å²) in [4.78, 5) is 35.5. The fourth-order valence-electron chi connectivity index (χ4n) is 3.56. The summed E-state index contributed by atoms with van der Waals surface area (Å²) in [5.74, 6) is -0.549. The zero-order valence-corrected chi connectivity index (χ0v) is 9.91. The lowest BCUT2D eigenvalue weighted by Crippen LogP contribution is -2.54. The molecule has 2 aliphatic carbocycles. The van der Waals surface area contributed by atoms with Crippen LogP contribution >= 0.6 is 0 Å². The highest BCUT2D eigenvalue weighted by atomic mass is 16.5. The van der Waals surface area contributed by atoms with Gasteiger partial charge in [0.1, 0.15) is 11.9 Å². The first-order valence-electron chi connectivity index (χ1n) is 5.94. The lowest BCUT2D eigenvalue weighted by molar-refractivity contribution is -0.175. The van der Waals surface area contributed by atoms with Gasteiger partial charge < -0.3 is 4.74 Å². The number of fused-ring (bicyclic) bond motifs is 2. The Morgan fingerprint density at radius 1 is 1.35 bits per heavy atom. The lowest BCUT2D eigenvalue weighted by Gasteiger charge is -2.47. The van der Waals surface area contributed by atoms with Gasteiger partial charge in [0.15, 0.2) is 5.78 Å². The van der Waals surface area contributed by atoms with Crippen molar-refractivity contribution >= 4 is 17.5 Å². The molecule has 4 aliphatic rings. The number of ketones is 2. The molecular weight excluding hydrogens is 220 g/mol. The molecule has 4 heteroatoms. The molecule has 0 unspecified atom stereocenters. The Hall–Kier alpha value is -1.45. The van der Waals surface area contributed by atoms with Gasteiger partial charge in [-0.15, -0.1) is 0 Å². The van der Waals surface area contributed by atoms with Gasteiger partial charge in [0, 0.05) is 17.9 Å². The number of esters is 1. The minimum atomic E-state index is -0.887. The van der Waals surface area contributed by atoms with Crippen LogP contribution in [0.2, 0.25) is 0 Å². The second-order valence-electron chi connectivity index (χ2n) is 5.31. The second-order valence-corrected chi connectivity index (χ2v) is 5.31. The summed E-state index contributed by atoms with van der Waals surface area (Å²) in [6, 6.07) is 0. The van der Waals surface area contributed by atoms with E-state index in [1.165, 1.54) is 6.92 Å². The number of hydrogen-bond acceptors (Lipinski definition) is 4. The van der Waals surface area contributed by atoms with Crippen LogP contribution in [0, 0.1) is 11.3 Å². The Morgan fingerprint density at radius 2 is 2.06 bits per heavy atom. The van der Waals surface area contributed by atoms with E-state index in [9.17, 15) is 14.4 Å². The predicted octanol–water partition coefficient (Wildman–Crippen LogP) is 1.19. The van der Waals surface area contributed by atoms with Crippen molar-refractivity contribution in [3.63, 3.8) is 0 Å². The summed E-state index contributed by atoms with van der Waals surface area (Å²) in [6.07, 6.45) is 1.07. The van der Waals surface area contributed by atoms with Gasteiger partial charge in [0.05, 0.1) is 5.41 Å². The minimum absolute atomic E-state index is 0.0139. The Morgan fingerprint density at radius 3 is 2.71 bits per heavy atom. The molecule has 3 atom stereocenters. The number of carbonyl (C=O) groups excluding carboxylic acids is 3. The zero-order valence-electron chi connectivity index (χ0n) is 9.91. The van der Waals surface area contributed by atoms with Crippen LogP contribution in [0.3, 0.4) is 0 Å². The van der Waals surface area contributed by atoms with Gasteiger partial charge in [0.2, 0.25) is 0 Å². The molecule has 0 N–H and O–H groups in total. The molecule has 1 fully saturated rings. The molecule has 1 saturated heterocycles. The van der Waals surface area contributed by atoms with Crippen LogP contribution in [-0.4, -0.2) is 23.6 Å². The fourth-order valence-corrected chi connectivity index (χ4v) is 3.56. The van der Waals surface area contributed by atoms with Gasteiger partial charge in [0.25, 0.3) is 0 Å². The third-order valence-corrected chi connectivity index (χ3v) is 4.49. The van der Waals surface area contributed by atoms with Crippen molar-refractivity contribution < 1.29 is 19.1 Å². The van der Waals surface area contributed by atoms with Crippen molar-refractivity contribution in [2.75, 3.05) is 0 Å². The third-order valence-electron chi connectivity index (χ3n) is 4.49. The van der Waals surface area contributed by atoms with Crippen LogP contribution in [-0.2, 0) is 19.1 Å². The Labute approximate surface area is 99.0 Å². The van der Waals surface area contributed by atoms with E-state index in [1.54, 1.807) is 6.92 Å². The predicted molar refractivity (Wildman–Crippen MR) is 58.0 cm³/mol. The normalized spacial score (nSPS) is 39.4. The van der Waals surface area contributed by atoms with Crippen LogP contribution in [0.1, 0.15) is 33.1 Å². The molecule has 0 aromatic carbocycles.